The molecule has 1 N–H and O–H groups in total. The van der Waals surface area contributed by atoms with Crippen molar-refractivity contribution in [2.24, 2.45) is 0 Å². The number of imidazole rings is 1. The molecule has 3 heterocycles. The number of benzene rings is 1. The lowest BCUT2D eigenvalue weighted by Crippen LogP contribution is -1.97. The van der Waals surface area contributed by atoms with Gasteiger partial charge in [0.05, 0.1) is 21.0 Å². The molecule has 4 rings (SSSR count). The number of H-pyrrole nitrogens is 1. The van der Waals surface area contributed by atoms with E-state index >= 15 is 0 Å². The Bertz CT molecular complexity index is 1070. The van der Waals surface area contributed by atoms with Gasteiger partial charge in [-0.3, -0.25) is 4.21 Å². The van der Waals surface area contributed by atoms with Gasteiger partial charge in [0, 0.05) is 18.9 Å². The molecule has 0 fully saturated rings. The predicted molar refractivity (Wildman–Crippen MR) is 88.6 cm³/mol. The summed E-state index contributed by atoms with van der Waals surface area (Å²) >= 11 is 0.907. The van der Waals surface area contributed by atoms with Crippen LogP contribution >= 0.6 is 11.3 Å². The van der Waals surface area contributed by atoms with Gasteiger partial charge in [0.1, 0.15) is 17.2 Å². The molecule has 9 heteroatoms. The van der Waals surface area contributed by atoms with Gasteiger partial charge in [0.2, 0.25) is 0 Å². The maximum atomic E-state index is 14.7. The average Bonchev–Trinajstić information content (AvgIpc) is 3.16. The van der Waals surface area contributed by atoms with E-state index in [1.165, 1.54) is 6.26 Å². The lowest BCUT2D eigenvalue weighted by molar-refractivity contribution is 0.604. The monoisotopic (exact) mass is 364 g/mol. The molecule has 1 unspecified atom stereocenters. The van der Waals surface area contributed by atoms with Crippen molar-refractivity contribution < 1.29 is 13.0 Å². The number of rotatable bonds is 3. The Labute approximate surface area is 141 Å². The lowest BCUT2D eigenvalue weighted by atomic mass is 10.1. The molecule has 1 aromatic carbocycles. The number of hydrogen-bond donors (Lipinski definition) is 1. The quantitative estimate of drug-likeness (QED) is 0.606. The Morgan fingerprint density at radius 3 is 2.92 bits per heavy atom. The zero-order chi connectivity index (χ0) is 16.8. The number of aromatic nitrogens is 4. The van der Waals surface area contributed by atoms with Gasteiger partial charge < -0.3 is 4.98 Å². The highest BCUT2D eigenvalue weighted by molar-refractivity contribution is 7.86. The minimum Gasteiger partial charge on any atom is -0.340 e. The first-order valence-corrected chi connectivity index (χ1v) is 9.31. The van der Waals surface area contributed by atoms with E-state index in [0.29, 0.717) is 11.5 Å². The molecular formula is C15H10F2N4OS2. The van der Waals surface area contributed by atoms with E-state index in [-0.39, 0.29) is 26.5 Å². The van der Waals surface area contributed by atoms with Gasteiger partial charge in [-0.15, -0.1) is 11.3 Å². The molecule has 0 bridgehead atoms. The van der Waals surface area contributed by atoms with Gasteiger partial charge in [-0.1, -0.05) is 0 Å². The summed E-state index contributed by atoms with van der Waals surface area (Å²) < 4.78 is 40.7. The van der Waals surface area contributed by atoms with Crippen LogP contribution in [0.1, 0.15) is 11.4 Å². The largest absolute Gasteiger partial charge is 0.340 e. The third-order valence-electron chi connectivity index (χ3n) is 3.53. The van der Waals surface area contributed by atoms with E-state index in [9.17, 15) is 13.0 Å². The zero-order valence-corrected chi connectivity index (χ0v) is 14.0. The van der Waals surface area contributed by atoms with E-state index in [1.54, 1.807) is 12.3 Å². The average molecular weight is 364 g/mol. The van der Waals surface area contributed by atoms with E-state index in [4.69, 9.17) is 0 Å². The molecule has 4 aromatic rings. The molecule has 0 aliphatic heterocycles. The Hall–Kier alpha value is -2.26. The second-order valence-electron chi connectivity index (χ2n) is 5.18. The third-order valence-corrected chi connectivity index (χ3v) is 5.91. The molecule has 24 heavy (non-hydrogen) atoms. The maximum Gasteiger partial charge on any atom is 0.181 e. The number of fused-ring (bicyclic) bond motifs is 2. The first-order chi connectivity index (χ1) is 11.5. The van der Waals surface area contributed by atoms with Crippen LogP contribution in [0.3, 0.4) is 0 Å². The standard InChI is InChI=1S/C15H10F2N4OS2/c1-24(22)15-21-12-8(16)5-7(11(17)13(12)23-15)6-10-19-9-3-2-4-18-14(9)20-10/h2-5H,6H2,1H3,(H,18,19,20). The SMILES string of the molecule is CS(=O)c1nc2c(F)cc(Cc3nc4ncccc4[nH]3)c(F)c2s1. The highest BCUT2D eigenvalue weighted by atomic mass is 32.2. The summed E-state index contributed by atoms with van der Waals surface area (Å²) in [5.74, 6) is -0.706. The lowest BCUT2D eigenvalue weighted by Gasteiger charge is -2.02. The molecular weight excluding hydrogens is 354 g/mol. The summed E-state index contributed by atoms with van der Waals surface area (Å²) in [5, 5.41) is 0. The minimum absolute atomic E-state index is 0.0736. The van der Waals surface area contributed by atoms with Gasteiger partial charge >= 0.3 is 0 Å². The van der Waals surface area contributed by atoms with Crippen molar-refractivity contribution in [2.45, 2.75) is 10.8 Å². The van der Waals surface area contributed by atoms with Crippen molar-refractivity contribution in [3.63, 3.8) is 0 Å². The molecule has 0 aliphatic carbocycles. The fourth-order valence-corrected chi connectivity index (χ4v) is 4.16. The number of halogens is 2. The summed E-state index contributed by atoms with van der Waals surface area (Å²) in [6.45, 7) is 0. The predicted octanol–water partition coefficient (Wildman–Crippen LogP) is 3.17. The summed E-state index contributed by atoms with van der Waals surface area (Å²) in [6, 6.07) is 4.69. The van der Waals surface area contributed by atoms with Gasteiger partial charge in [0.15, 0.2) is 15.8 Å². The number of nitrogens with one attached hydrogen (secondary N) is 1. The maximum absolute atomic E-state index is 14.7. The van der Waals surface area contributed by atoms with E-state index in [0.717, 1.165) is 22.9 Å². The topological polar surface area (TPSA) is 71.5 Å². The Morgan fingerprint density at radius 1 is 1.33 bits per heavy atom. The van der Waals surface area contributed by atoms with Gasteiger partial charge in [-0.2, -0.15) is 0 Å². The van der Waals surface area contributed by atoms with Crippen LogP contribution in [0.15, 0.2) is 28.7 Å². The fraction of sp³-hybridized carbons (Fsp3) is 0.133. The van der Waals surface area contributed by atoms with Crippen LogP contribution in [0.5, 0.6) is 0 Å². The second kappa shape index (κ2) is 5.67. The molecule has 0 radical (unpaired) electrons. The molecule has 5 nitrogen and oxygen atoms in total. The Kier molecular flexibility index (Phi) is 3.61. The zero-order valence-electron chi connectivity index (χ0n) is 12.3. The molecule has 3 aromatic heterocycles. The molecule has 0 amide bonds. The van der Waals surface area contributed by atoms with Gasteiger partial charge in [-0.25, -0.2) is 23.7 Å². The van der Waals surface area contributed by atoms with Crippen molar-refractivity contribution in [1.82, 2.24) is 19.9 Å². The van der Waals surface area contributed by atoms with Crippen LogP contribution in [0.25, 0.3) is 21.4 Å². The van der Waals surface area contributed by atoms with Crippen LogP contribution in [0.4, 0.5) is 8.78 Å². The summed E-state index contributed by atoms with van der Waals surface area (Å²) in [6.07, 6.45) is 3.14. The minimum atomic E-state index is -1.39. The smallest absolute Gasteiger partial charge is 0.181 e. The van der Waals surface area contributed by atoms with Crippen molar-refractivity contribution in [3.05, 3.63) is 47.4 Å². The highest BCUT2D eigenvalue weighted by Crippen LogP contribution is 2.31. The van der Waals surface area contributed by atoms with Gasteiger partial charge in [0.25, 0.3) is 0 Å². The van der Waals surface area contributed by atoms with Crippen LogP contribution < -0.4 is 0 Å². The Morgan fingerprint density at radius 2 is 2.17 bits per heavy atom. The van der Waals surface area contributed by atoms with E-state index < -0.39 is 22.4 Å². The third kappa shape index (κ3) is 2.49. The summed E-state index contributed by atoms with van der Waals surface area (Å²) in [7, 11) is -1.39. The summed E-state index contributed by atoms with van der Waals surface area (Å²) in [5.41, 5.74) is 1.33. The van der Waals surface area contributed by atoms with Gasteiger partial charge in [-0.05, 0) is 23.8 Å². The van der Waals surface area contributed by atoms with Crippen molar-refractivity contribution in [3.8, 4) is 0 Å². The number of hydrogen-bond acceptors (Lipinski definition) is 5. The number of thiazole rings is 1. The molecule has 0 saturated carbocycles. The second-order valence-corrected chi connectivity index (χ2v) is 7.73. The number of aromatic amines is 1. The fourth-order valence-electron chi connectivity index (χ4n) is 2.45. The van der Waals surface area contributed by atoms with Crippen LogP contribution in [0.2, 0.25) is 0 Å². The van der Waals surface area contributed by atoms with Crippen molar-refractivity contribution >= 4 is 43.5 Å². The molecule has 122 valence electrons. The van der Waals surface area contributed by atoms with Crippen molar-refractivity contribution in [2.75, 3.05) is 6.26 Å². The Balaban J connectivity index is 1.81. The van der Waals surface area contributed by atoms with Crippen LogP contribution in [-0.4, -0.2) is 30.4 Å². The normalized spacial score (nSPS) is 13.0. The van der Waals surface area contributed by atoms with E-state index in [1.807, 2.05) is 6.07 Å². The molecule has 1 atom stereocenters. The molecule has 0 saturated heterocycles. The summed E-state index contributed by atoms with van der Waals surface area (Å²) in [4.78, 5) is 15.3. The van der Waals surface area contributed by atoms with E-state index in [2.05, 4.69) is 19.9 Å². The first kappa shape index (κ1) is 15.3. The molecule has 0 aliphatic rings. The highest BCUT2D eigenvalue weighted by Gasteiger charge is 2.19. The first-order valence-electron chi connectivity index (χ1n) is 6.93. The van der Waals surface area contributed by atoms with Crippen LogP contribution in [0, 0.1) is 11.6 Å². The number of nitrogens with zero attached hydrogens (tertiary/aromatic N) is 3. The van der Waals surface area contributed by atoms with Crippen molar-refractivity contribution in [1.29, 1.82) is 0 Å². The number of pyridine rings is 1. The molecule has 0 spiro atoms. The van der Waals surface area contributed by atoms with Crippen LogP contribution in [-0.2, 0) is 17.2 Å².